The Bertz CT molecular complexity index is 214. The molecule has 4 heteroatoms. The van der Waals surface area contributed by atoms with Crippen LogP contribution >= 0.6 is 0 Å². The first-order valence-corrected chi connectivity index (χ1v) is 3.99. The second kappa shape index (κ2) is 3.23. The van der Waals surface area contributed by atoms with Crippen LogP contribution in [0.4, 0.5) is 0 Å². The topological polar surface area (TPSA) is 57.6 Å². The fourth-order valence-electron chi connectivity index (χ4n) is 1.62. The molecule has 1 N–H and O–H groups in total. The zero-order valence-electron chi connectivity index (χ0n) is 7.28. The number of rotatable bonds is 1. The molecule has 1 saturated heterocycles. The number of Topliss-reactive ketones (excluding diaryl/α,β-unsaturated/α-hetero) is 1. The van der Waals surface area contributed by atoms with E-state index in [9.17, 15) is 14.7 Å². The van der Waals surface area contributed by atoms with Crippen molar-refractivity contribution in [2.24, 2.45) is 0 Å². The van der Waals surface area contributed by atoms with E-state index in [4.69, 9.17) is 0 Å². The summed E-state index contributed by atoms with van der Waals surface area (Å²) in [6.45, 7) is 3.30. The van der Waals surface area contributed by atoms with E-state index in [0.29, 0.717) is 13.0 Å². The number of likely N-dealkylation sites (tertiary alicyclic amines) is 1. The molecule has 0 bridgehead atoms. The zero-order chi connectivity index (χ0) is 9.30. The highest BCUT2D eigenvalue weighted by Gasteiger charge is 2.37. The van der Waals surface area contributed by atoms with E-state index in [0.717, 1.165) is 0 Å². The fraction of sp³-hybridized carbons (Fsp3) is 0.750. The minimum atomic E-state index is -0.675. The van der Waals surface area contributed by atoms with Gasteiger partial charge in [-0.15, -0.1) is 0 Å². The monoisotopic (exact) mass is 171 g/mol. The molecule has 1 rings (SSSR count). The molecule has 12 heavy (non-hydrogen) atoms. The molecule has 0 aliphatic carbocycles. The first-order chi connectivity index (χ1) is 5.54. The second-order valence-electron chi connectivity index (χ2n) is 3.12. The third-order valence-electron chi connectivity index (χ3n) is 2.19. The molecule has 0 spiro atoms. The van der Waals surface area contributed by atoms with Crippen LogP contribution in [0.3, 0.4) is 0 Å². The number of aliphatic hydroxyl groups is 1. The van der Waals surface area contributed by atoms with E-state index in [1.807, 2.05) is 0 Å². The summed E-state index contributed by atoms with van der Waals surface area (Å²) in [7, 11) is 0. The van der Waals surface area contributed by atoms with Crippen LogP contribution in [0.2, 0.25) is 0 Å². The van der Waals surface area contributed by atoms with Crippen LogP contribution in [0, 0.1) is 0 Å². The summed E-state index contributed by atoms with van der Waals surface area (Å²) >= 11 is 0. The van der Waals surface area contributed by atoms with Crippen molar-refractivity contribution < 1.29 is 14.7 Å². The van der Waals surface area contributed by atoms with Gasteiger partial charge < -0.3 is 10.0 Å². The Morgan fingerprint density at radius 1 is 1.42 bits per heavy atom. The largest absolute Gasteiger partial charge is 0.390 e. The highest BCUT2D eigenvalue weighted by Crippen LogP contribution is 2.18. The highest BCUT2D eigenvalue weighted by atomic mass is 16.3. The number of amides is 1. The summed E-state index contributed by atoms with van der Waals surface area (Å²) in [6, 6.07) is -0.609. The molecule has 0 aromatic rings. The number of carbonyl (C=O) groups excluding carboxylic acids is 2. The normalized spacial score (nSPS) is 29.1. The first kappa shape index (κ1) is 9.19. The molecule has 0 aromatic heterocycles. The lowest BCUT2D eigenvalue weighted by Gasteiger charge is -2.22. The van der Waals surface area contributed by atoms with Crippen LogP contribution in [0.15, 0.2) is 0 Å². The standard InChI is InChI=1S/C8H13NO3/c1-5(10)8-7(12)3-4-9(8)6(2)11/h7-8,12H,3-4H2,1-2H3/t7-,8+/m0/s1. The lowest BCUT2D eigenvalue weighted by Crippen LogP contribution is -2.43. The number of hydrogen-bond acceptors (Lipinski definition) is 3. The Kier molecular flexibility index (Phi) is 2.47. The SMILES string of the molecule is CC(=O)[C@@H]1[C@@H](O)CCN1C(C)=O. The van der Waals surface area contributed by atoms with Crippen LogP contribution in [0.25, 0.3) is 0 Å². The van der Waals surface area contributed by atoms with Gasteiger partial charge in [0.25, 0.3) is 0 Å². The van der Waals surface area contributed by atoms with E-state index in [1.54, 1.807) is 0 Å². The summed E-state index contributed by atoms with van der Waals surface area (Å²) in [6.07, 6.45) is -0.171. The van der Waals surface area contributed by atoms with Gasteiger partial charge in [0, 0.05) is 13.5 Å². The lowest BCUT2D eigenvalue weighted by molar-refractivity contribution is -0.137. The molecule has 0 unspecified atom stereocenters. The van der Waals surface area contributed by atoms with E-state index < -0.39 is 12.1 Å². The van der Waals surface area contributed by atoms with Crippen molar-refractivity contribution in [2.75, 3.05) is 6.54 Å². The summed E-state index contributed by atoms with van der Waals surface area (Å²) < 4.78 is 0. The molecular formula is C8H13NO3. The van der Waals surface area contributed by atoms with Gasteiger partial charge in [0.05, 0.1) is 6.10 Å². The van der Waals surface area contributed by atoms with Gasteiger partial charge in [-0.05, 0) is 13.3 Å². The lowest BCUT2D eigenvalue weighted by atomic mass is 10.1. The zero-order valence-corrected chi connectivity index (χ0v) is 7.28. The van der Waals surface area contributed by atoms with Gasteiger partial charge in [-0.1, -0.05) is 0 Å². The Labute approximate surface area is 71.2 Å². The van der Waals surface area contributed by atoms with E-state index in [1.165, 1.54) is 18.7 Å². The highest BCUT2D eigenvalue weighted by molar-refractivity contribution is 5.87. The van der Waals surface area contributed by atoms with Crippen LogP contribution < -0.4 is 0 Å². The Morgan fingerprint density at radius 2 is 2.00 bits per heavy atom. The van der Waals surface area contributed by atoms with Crippen molar-refractivity contribution in [3.05, 3.63) is 0 Å². The first-order valence-electron chi connectivity index (χ1n) is 3.99. The summed E-state index contributed by atoms with van der Waals surface area (Å²) in [5.74, 6) is -0.290. The van der Waals surface area contributed by atoms with Crippen molar-refractivity contribution >= 4 is 11.7 Å². The van der Waals surface area contributed by atoms with Crippen LogP contribution in [0.1, 0.15) is 20.3 Å². The van der Waals surface area contributed by atoms with Gasteiger partial charge in [0.1, 0.15) is 6.04 Å². The molecule has 0 saturated carbocycles. The molecule has 4 nitrogen and oxygen atoms in total. The maximum Gasteiger partial charge on any atom is 0.220 e. The molecule has 1 aliphatic rings. The third-order valence-corrected chi connectivity index (χ3v) is 2.19. The van der Waals surface area contributed by atoms with Gasteiger partial charge in [-0.3, -0.25) is 9.59 Å². The van der Waals surface area contributed by atoms with Crippen LogP contribution in [-0.2, 0) is 9.59 Å². The molecule has 1 fully saturated rings. The predicted molar refractivity (Wildman–Crippen MR) is 42.5 cm³/mol. The van der Waals surface area contributed by atoms with Crippen molar-refractivity contribution in [3.63, 3.8) is 0 Å². The molecule has 2 atom stereocenters. The fourth-order valence-corrected chi connectivity index (χ4v) is 1.62. The minimum absolute atomic E-state index is 0.143. The molecular weight excluding hydrogens is 158 g/mol. The average Bonchev–Trinajstić information content (AvgIpc) is 2.30. The minimum Gasteiger partial charge on any atom is -0.390 e. The average molecular weight is 171 g/mol. The molecule has 1 amide bonds. The number of aliphatic hydroxyl groups excluding tert-OH is 1. The van der Waals surface area contributed by atoms with Crippen molar-refractivity contribution in [2.45, 2.75) is 32.4 Å². The molecule has 1 aliphatic heterocycles. The molecule has 0 radical (unpaired) electrons. The van der Waals surface area contributed by atoms with E-state index >= 15 is 0 Å². The summed E-state index contributed by atoms with van der Waals surface area (Å²) in [5.41, 5.74) is 0. The molecule has 1 heterocycles. The van der Waals surface area contributed by atoms with Gasteiger partial charge in [0.2, 0.25) is 5.91 Å². The molecule has 68 valence electrons. The molecule has 0 aromatic carbocycles. The number of nitrogens with zero attached hydrogens (tertiary/aromatic N) is 1. The second-order valence-corrected chi connectivity index (χ2v) is 3.12. The van der Waals surface area contributed by atoms with Crippen LogP contribution in [0.5, 0.6) is 0 Å². The Hall–Kier alpha value is -0.900. The van der Waals surface area contributed by atoms with Crippen molar-refractivity contribution in [1.29, 1.82) is 0 Å². The van der Waals surface area contributed by atoms with Gasteiger partial charge in [0.15, 0.2) is 5.78 Å². The maximum atomic E-state index is 11.0. The number of ketones is 1. The van der Waals surface area contributed by atoms with Crippen molar-refractivity contribution in [3.8, 4) is 0 Å². The van der Waals surface area contributed by atoms with Gasteiger partial charge >= 0.3 is 0 Å². The van der Waals surface area contributed by atoms with Gasteiger partial charge in [-0.2, -0.15) is 0 Å². The summed E-state index contributed by atoms with van der Waals surface area (Å²) in [4.78, 5) is 23.4. The third kappa shape index (κ3) is 1.48. The predicted octanol–water partition coefficient (Wildman–Crippen LogP) is -0.443. The Morgan fingerprint density at radius 3 is 2.33 bits per heavy atom. The van der Waals surface area contributed by atoms with E-state index in [-0.39, 0.29) is 11.7 Å². The Balaban J connectivity index is 2.77. The maximum absolute atomic E-state index is 11.0. The smallest absolute Gasteiger partial charge is 0.220 e. The summed E-state index contributed by atoms with van der Waals surface area (Å²) in [5, 5.41) is 9.36. The van der Waals surface area contributed by atoms with E-state index in [2.05, 4.69) is 0 Å². The van der Waals surface area contributed by atoms with Gasteiger partial charge in [-0.25, -0.2) is 0 Å². The number of carbonyl (C=O) groups is 2. The van der Waals surface area contributed by atoms with Crippen molar-refractivity contribution in [1.82, 2.24) is 4.90 Å². The number of hydrogen-bond donors (Lipinski definition) is 1. The van der Waals surface area contributed by atoms with Crippen LogP contribution in [-0.4, -0.2) is 40.4 Å². The quantitative estimate of drug-likeness (QED) is 0.581.